The summed E-state index contributed by atoms with van der Waals surface area (Å²) in [7, 11) is 1.57. The van der Waals surface area contributed by atoms with E-state index in [0.29, 0.717) is 24.3 Å². The van der Waals surface area contributed by atoms with E-state index in [2.05, 4.69) is 34.4 Å². The Balaban J connectivity index is 1.54. The molecule has 0 bridgehead atoms. The minimum atomic E-state index is -0.434. The molecule has 0 unspecified atom stereocenters. The van der Waals surface area contributed by atoms with E-state index in [1.165, 1.54) is 12.1 Å². The number of carbonyl (C=O) groups excluding carboxylic acids is 2. The standard InChI is InChI=1S/C29H29IN2O6/c1-3-31-21-6-4-8-23(33)27(21)26(28-22(31)7-5-9-24(28)34)18-14-20(30)29(25(15-18)37-2)38-16-17-10-12-19(13-11-17)32(35)36/h10-15,26H,3-9,16H2,1-2H3. The summed E-state index contributed by atoms with van der Waals surface area (Å²) in [6.07, 6.45) is 4.31. The van der Waals surface area contributed by atoms with Crippen LogP contribution in [0.25, 0.3) is 0 Å². The fourth-order valence-electron chi connectivity index (χ4n) is 5.85. The second-order valence-corrected chi connectivity index (χ2v) is 10.9. The molecule has 2 aromatic carbocycles. The molecule has 0 amide bonds. The minimum absolute atomic E-state index is 0.0243. The van der Waals surface area contributed by atoms with Crippen LogP contribution < -0.4 is 9.47 Å². The normalized spacial score (nSPS) is 17.9. The average molecular weight is 628 g/mol. The number of ether oxygens (including phenoxy) is 2. The van der Waals surface area contributed by atoms with Crippen molar-refractivity contribution in [3.8, 4) is 11.5 Å². The highest BCUT2D eigenvalue weighted by molar-refractivity contribution is 14.1. The van der Waals surface area contributed by atoms with Crippen molar-refractivity contribution in [3.63, 3.8) is 0 Å². The van der Waals surface area contributed by atoms with Gasteiger partial charge in [-0.25, -0.2) is 0 Å². The lowest BCUT2D eigenvalue weighted by molar-refractivity contribution is -0.384. The number of Topliss-reactive ketones (excluding diaryl/α,β-unsaturated/α-hetero) is 2. The SMILES string of the molecule is CCN1C2=C(C(=O)CCC2)C(c2cc(I)c(OCc3ccc([N+](=O)[O-])cc3)c(OC)c2)C2=C1CCCC2=O. The molecule has 2 aromatic rings. The molecule has 2 aliphatic carbocycles. The van der Waals surface area contributed by atoms with Gasteiger partial charge in [0, 0.05) is 60.0 Å². The van der Waals surface area contributed by atoms with Crippen LogP contribution in [0, 0.1) is 13.7 Å². The summed E-state index contributed by atoms with van der Waals surface area (Å²) in [6, 6.07) is 10.1. The number of benzene rings is 2. The molecule has 5 rings (SSSR count). The van der Waals surface area contributed by atoms with Crippen LogP contribution in [0.3, 0.4) is 0 Å². The number of halogens is 1. The number of rotatable bonds is 7. The number of hydrogen-bond donors (Lipinski definition) is 0. The molecule has 1 aliphatic heterocycles. The molecule has 1 heterocycles. The Hall–Kier alpha value is -3.21. The Morgan fingerprint density at radius 3 is 2.13 bits per heavy atom. The predicted octanol–water partition coefficient (Wildman–Crippen LogP) is 6.22. The number of nitrogens with zero attached hydrogens (tertiary/aromatic N) is 2. The topological polar surface area (TPSA) is 99.0 Å². The van der Waals surface area contributed by atoms with Crippen LogP contribution in [-0.2, 0) is 16.2 Å². The number of ketones is 2. The van der Waals surface area contributed by atoms with Crippen molar-refractivity contribution in [1.82, 2.24) is 4.90 Å². The number of non-ortho nitro benzene ring substituents is 1. The molecule has 198 valence electrons. The van der Waals surface area contributed by atoms with Crippen molar-refractivity contribution in [1.29, 1.82) is 0 Å². The van der Waals surface area contributed by atoms with Crippen molar-refractivity contribution in [2.75, 3.05) is 13.7 Å². The largest absolute Gasteiger partial charge is 0.493 e. The maximum atomic E-state index is 13.4. The van der Waals surface area contributed by atoms with Crippen LogP contribution >= 0.6 is 22.6 Å². The molecule has 8 nitrogen and oxygen atoms in total. The van der Waals surface area contributed by atoms with Gasteiger partial charge < -0.3 is 14.4 Å². The van der Waals surface area contributed by atoms with Crippen LogP contribution in [0.2, 0.25) is 0 Å². The first-order valence-electron chi connectivity index (χ1n) is 12.9. The van der Waals surface area contributed by atoms with Crippen LogP contribution in [0.4, 0.5) is 5.69 Å². The molecule has 38 heavy (non-hydrogen) atoms. The molecule has 0 fully saturated rings. The van der Waals surface area contributed by atoms with Gasteiger partial charge in [-0.05, 0) is 90.6 Å². The number of carbonyl (C=O) groups is 2. The van der Waals surface area contributed by atoms with E-state index in [0.717, 1.165) is 69.5 Å². The van der Waals surface area contributed by atoms with Gasteiger partial charge in [-0.2, -0.15) is 0 Å². The molecule has 0 radical (unpaired) electrons. The Labute approximate surface area is 235 Å². The molecule has 0 saturated heterocycles. The fourth-order valence-corrected chi connectivity index (χ4v) is 6.63. The summed E-state index contributed by atoms with van der Waals surface area (Å²) in [5, 5.41) is 10.9. The summed E-state index contributed by atoms with van der Waals surface area (Å²) in [5.74, 6) is 0.894. The number of allylic oxidation sites excluding steroid dienone is 4. The van der Waals surface area contributed by atoms with Gasteiger partial charge in [-0.15, -0.1) is 0 Å². The fraction of sp³-hybridized carbons (Fsp3) is 0.379. The quantitative estimate of drug-likeness (QED) is 0.204. The highest BCUT2D eigenvalue weighted by Gasteiger charge is 2.43. The summed E-state index contributed by atoms with van der Waals surface area (Å²) < 4.78 is 12.6. The lowest BCUT2D eigenvalue weighted by Crippen LogP contribution is -2.39. The predicted molar refractivity (Wildman–Crippen MR) is 150 cm³/mol. The third-order valence-corrected chi connectivity index (χ3v) is 8.32. The smallest absolute Gasteiger partial charge is 0.269 e. The van der Waals surface area contributed by atoms with Crippen molar-refractivity contribution in [3.05, 3.63) is 83.7 Å². The zero-order valence-corrected chi connectivity index (χ0v) is 23.6. The van der Waals surface area contributed by atoms with Crippen LogP contribution in [-0.4, -0.2) is 35.0 Å². The van der Waals surface area contributed by atoms with Crippen LogP contribution in [0.5, 0.6) is 11.5 Å². The minimum Gasteiger partial charge on any atom is -0.493 e. The van der Waals surface area contributed by atoms with Gasteiger partial charge in [-0.3, -0.25) is 19.7 Å². The molecule has 0 atom stereocenters. The highest BCUT2D eigenvalue weighted by atomic mass is 127. The molecule has 0 spiro atoms. The first-order chi connectivity index (χ1) is 18.3. The van der Waals surface area contributed by atoms with Crippen molar-refractivity contribution in [2.24, 2.45) is 0 Å². The molecule has 0 aromatic heterocycles. The van der Waals surface area contributed by atoms with E-state index < -0.39 is 10.8 Å². The maximum absolute atomic E-state index is 13.4. The third-order valence-electron chi connectivity index (χ3n) is 7.52. The Morgan fingerprint density at radius 2 is 1.61 bits per heavy atom. The highest BCUT2D eigenvalue weighted by Crippen LogP contribution is 2.50. The number of hydrogen-bond acceptors (Lipinski definition) is 7. The Morgan fingerprint density at radius 1 is 1.00 bits per heavy atom. The van der Waals surface area contributed by atoms with Gasteiger partial charge in [0.2, 0.25) is 0 Å². The van der Waals surface area contributed by atoms with E-state index in [1.54, 1.807) is 19.2 Å². The molecule has 3 aliphatic rings. The zero-order chi connectivity index (χ0) is 27.0. The lowest BCUT2D eigenvalue weighted by atomic mass is 9.71. The van der Waals surface area contributed by atoms with E-state index in [9.17, 15) is 19.7 Å². The van der Waals surface area contributed by atoms with E-state index in [4.69, 9.17) is 9.47 Å². The van der Waals surface area contributed by atoms with Crippen molar-refractivity contribution in [2.45, 2.75) is 58.0 Å². The third kappa shape index (κ3) is 4.72. The summed E-state index contributed by atoms with van der Waals surface area (Å²) in [4.78, 5) is 39.5. The Kier molecular flexibility index (Phi) is 7.56. The van der Waals surface area contributed by atoms with Crippen LogP contribution in [0.15, 0.2) is 58.9 Å². The van der Waals surface area contributed by atoms with Crippen molar-refractivity contribution < 1.29 is 24.0 Å². The van der Waals surface area contributed by atoms with Crippen LogP contribution in [0.1, 0.15) is 62.5 Å². The molecule has 0 saturated carbocycles. The van der Waals surface area contributed by atoms with Gasteiger partial charge >= 0.3 is 0 Å². The first-order valence-corrected chi connectivity index (χ1v) is 14.0. The van der Waals surface area contributed by atoms with Gasteiger partial charge in [-0.1, -0.05) is 0 Å². The van der Waals surface area contributed by atoms with Gasteiger partial charge in [0.1, 0.15) is 6.61 Å². The monoisotopic (exact) mass is 628 g/mol. The first kappa shape index (κ1) is 26.4. The van der Waals surface area contributed by atoms with Gasteiger partial charge in [0.25, 0.3) is 5.69 Å². The molecule has 0 N–H and O–H groups in total. The average Bonchev–Trinajstić information content (AvgIpc) is 2.91. The van der Waals surface area contributed by atoms with E-state index in [1.807, 2.05) is 12.1 Å². The number of nitro groups is 1. The lowest BCUT2D eigenvalue weighted by Gasteiger charge is -2.43. The number of nitro benzene ring substituents is 1. The summed E-state index contributed by atoms with van der Waals surface area (Å²) in [6.45, 7) is 3.03. The second kappa shape index (κ2) is 10.9. The van der Waals surface area contributed by atoms with Crippen molar-refractivity contribution >= 4 is 39.8 Å². The van der Waals surface area contributed by atoms with E-state index in [-0.39, 0.29) is 23.9 Å². The maximum Gasteiger partial charge on any atom is 0.269 e. The van der Waals surface area contributed by atoms with Gasteiger partial charge in [0.15, 0.2) is 23.1 Å². The molecular formula is C29H29IN2O6. The summed E-state index contributed by atoms with van der Waals surface area (Å²) >= 11 is 2.20. The van der Waals surface area contributed by atoms with Gasteiger partial charge in [0.05, 0.1) is 15.6 Å². The van der Waals surface area contributed by atoms with E-state index >= 15 is 0 Å². The molecule has 9 heteroatoms. The number of methoxy groups -OCH3 is 1. The Bertz CT molecular complexity index is 1330. The second-order valence-electron chi connectivity index (χ2n) is 9.70. The zero-order valence-electron chi connectivity index (χ0n) is 21.4. The molecular weight excluding hydrogens is 599 g/mol. The summed E-state index contributed by atoms with van der Waals surface area (Å²) in [5.41, 5.74) is 5.31.